The molecule has 0 radical (unpaired) electrons. The van der Waals surface area contributed by atoms with E-state index in [1.54, 1.807) is 0 Å². The zero-order valence-electron chi connectivity index (χ0n) is 14.0. The minimum absolute atomic E-state index is 0.0208. The monoisotopic (exact) mass is 366 g/mol. The van der Waals surface area contributed by atoms with Gasteiger partial charge in [0.2, 0.25) is 0 Å². The molecule has 140 valence electrons. The van der Waals surface area contributed by atoms with Gasteiger partial charge in [-0.1, -0.05) is 6.58 Å². The standard InChI is InChI=1S/C17H18O9/c1-9(2)17(24)26-6-5-25-4-3-10-7-11(14(18)19)8-12(15(20)21)13(10)16(22)23/h7-8H,1,3-6H2,2H3,(H,18,19)(H,20,21)(H,22,23). The van der Waals surface area contributed by atoms with Crippen LogP contribution < -0.4 is 0 Å². The van der Waals surface area contributed by atoms with Crippen LogP contribution in [0.1, 0.15) is 43.6 Å². The second-order valence-corrected chi connectivity index (χ2v) is 5.25. The Morgan fingerprint density at radius 3 is 2.12 bits per heavy atom. The predicted octanol–water partition coefficient (Wildman–Crippen LogP) is 1.46. The summed E-state index contributed by atoms with van der Waals surface area (Å²) >= 11 is 0. The van der Waals surface area contributed by atoms with Crippen LogP contribution in [0.2, 0.25) is 0 Å². The molecule has 1 aromatic rings. The number of ether oxygens (including phenoxy) is 2. The Bertz CT molecular complexity index is 749. The van der Waals surface area contributed by atoms with Crippen molar-refractivity contribution in [3.8, 4) is 0 Å². The number of hydrogen-bond acceptors (Lipinski definition) is 6. The Kier molecular flexibility index (Phi) is 7.48. The summed E-state index contributed by atoms with van der Waals surface area (Å²) in [7, 11) is 0. The van der Waals surface area contributed by atoms with E-state index in [0.29, 0.717) is 0 Å². The Hall–Kier alpha value is -3.20. The Morgan fingerprint density at radius 2 is 1.62 bits per heavy atom. The van der Waals surface area contributed by atoms with Crippen molar-refractivity contribution in [1.82, 2.24) is 0 Å². The normalized spacial score (nSPS) is 10.2. The molecule has 1 aromatic carbocycles. The second kappa shape index (κ2) is 9.33. The highest BCUT2D eigenvalue weighted by Gasteiger charge is 2.23. The van der Waals surface area contributed by atoms with Gasteiger partial charge in [-0.15, -0.1) is 0 Å². The molecule has 0 saturated carbocycles. The molecule has 9 heteroatoms. The van der Waals surface area contributed by atoms with E-state index < -0.39 is 35.0 Å². The third kappa shape index (κ3) is 5.71. The fraction of sp³-hybridized carbons (Fsp3) is 0.294. The SMILES string of the molecule is C=C(C)C(=O)OCCOCCc1cc(C(=O)O)cc(C(=O)O)c1C(=O)O. The maximum Gasteiger partial charge on any atom is 0.336 e. The highest BCUT2D eigenvalue weighted by atomic mass is 16.6. The molecule has 0 aromatic heterocycles. The first-order valence-corrected chi connectivity index (χ1v) is 7.42. The van der Waals surface area contributed by atoms with E-state index in [2.05, 4.69) is 6.58 Å². The van der Waals surface area contributed by atoms with E-state index >= 15 is 0 Å². The lowest BCUT2D eigenvalue weighted by Gasteiger charge is -2.11. The summed E-state index contributed by atoms with van der Waals surface area (Å²) in [5.41, 5.74) is -1.17. The molecule has 0 aliphatic carbocycles. The summed E-state index contributed by atoms with van der Waals surface area (Å²) in [6, 6.07) is 1.90. The van der Waals surface area contributed by atoms with Crippen molar-refractivity contribution in [2.24, 2.45) is 0 Å². The summed E-state index contributed by atoms with van der Waals surface area (Å²) in [4.78, 5) is 44.9. The number of esters is 1. The van der Waals surface area contributed by atoms with Gasteiger partial charge in [-0.2, -0.15) is 0 Å². The smallest absolute Gasteiger partial charge is 0.336 e. The van der Waals surface area contributed by atoms with Crippen LogP contribution in [0.4, 0.5) is 0 Å². The molecule has 0 heterocycles. The summed E-state index contributed by atoms with van der Waals surface area (Å²) in [6.45, 7) is 4.88. The highest BCUT2D eigenvalue weighted by molar-refractivity contribution is 6.05. The number of carboxylic acid groups (broad SMARTS) is 3. The molecule has 0 bridgehead atoms. The molecule has 1 rings (SSSR count). The van der Waals surface area contributed by atoms with Gasteiger partial charge >= 0.3 is 23.9 Å². The van der Waals surface area contributed by atoms with E-state index in [4.69, 9.17) is 19.7 Å². The molecule has 0 fully saturated rings. The van der Waals surface area contributed by atoms with E-state index in [1.807, 2.05) is 0 Å². The van der Waals surface area contributed by atoms with Crippen molar-refractivity contribution >= 4 is 23.9 Å². The first-order chi connectivity index (χ1) is 12.1. The minimum atomic E-state index is -1.54. The molecule has 0 spiro atoms. The number of aromatic carboxylic acids is 3. The van der Waals surface area contributed by atoms with Crippen LogP contribution in [0, 0.1) is 0 Å². The molecule has 0 saturated heterocycles. The van der Waals surface area contributed by atoms with Crippen molar-refractivity contribution in [2.45, 2.75) is 13.3 Å². The van der Waals surface area contributed by atoms with E-state index in [-0.39, 0.29) is 42.9 Å². The number of benzene rings is 1. The van der Waals surface area contributed by atoms with Gasteiger partial charge in [-0.25, -0.2) is 19.2 Å². The average molecular weight is 366 g/mol. The van der Waals surface area contributed by atoms with Crippen molar-refractivity contribution in [3.05, 3.63) is 46.5 Å². The van der Waals surface area contributed by atoms with Gasteiger partial charge < -0.3 is 24.8 Å². The minimum Gasteiger partial charge on any atom is -0.478 e. The number of carboxylic acids is 3. The predicted molar refractivity (Wildman–Crippen MR) is 87.6 cm³/mol. The molecule has 0 unspecified atom stereocenters. The third-order valence-corrected chi connectivity index (χ3v) is 3.24. The quantitative estimate of drug-likeness (QED) is 0.318. The Morgan fingerprint density at radius 1 is 0.962 bits per heavy atom. The summed E-state index contributed by atoms with van der Waals surface area (Å²) in [5, 5.41) is 27.5. The van der Waals surface area contributed by atoms with E-state index in [0.717, 1.165) is 12.1 Å². The number of hydrogen-bond donors (Lipinski definition) is 3. The zero-order chi connectivity index (χ0) is 19.9. The van der Waals surface area contributed by atoms with Crippen molar-refractivity contribution in [1.29, 1.82) is 0 Å². The molecular formula is C17H18O9. The molecule has 0 atom stereocenters. The van der Waals surface area contributed by atoms with Crippen molar-refractivity contribution in [2.75, 3.05) is 19.8 Å². The van der Waals surface area contributed by atoms with Crippen molar-refractivity contribution < 1.29 is 44.0 Å². The van der Waals surface area contributed by atoms with E-state index in [9.17, 15) is 24.3 Å². The first kappa shape index (κ1) is 20.8. The van der Waals surface area contributed by atoms with Crippen molar-refractivity contribution in [3.63, 3.8) is 0 Å². The lowest BCUT2D eigenvalue weighted by molar-refractivity contribution is -0.140. The molecular weight excluding hydrogens is 348 g/mol. The van der Waals surface area contributed by atoms with Crippen LogP contribution in [0.3, 0.4) is 0 Å². The van der Waals surface area contributed by atoms with Gasteiger partial charge in [0.05, 0.1) is 29.9 Å². The van der Waals surface area contributed by atoms with Gasteiger partial charge in [-0.05, 0) is 31.0 Å². The van der Waals surface area contributed by atoms with Crippen LogP contribution in [-0.2, 0) is 20.7 Å². The maximum atomic E-state index is 11.4. The first-order valence-electron chi connectivity index (χ1n) is 7.42. The largest absolute Gasteiger partial charge is 0.478 e. The fourth-order valence-electron chi connectivity index (χ4n) is 2.04. The Labute approximate surface area is 148 Å². The lowest BCUT2D eigenvalue weighted by Crippen LogP contribution is -2.16. The lowest BCUT2D eigenvalue weighted by atomic mass is 9.95. The summed E-state index contributed by atoms with van der Waals surface area (Å²) in [5.74, 6) is -4.97. The molecule has 3 N–H and O–H groups in total. The number of carbonyl (C=O) groups is 4. The van der Waals surface area contributed by atoms with Gasteiger partial charge in [-0.3, -0.25) is 0 Å². The van der Waals surface area contributed by atoms with Gasteiger partial charge in [0.25, 0.3) is 0 Å². The third-order valence-electron chi connectivity index (χ3n) is 3.24. The van der Waals surface area contributed by atoms with Crippen LogP contribution in [-0.4, -0.2) is 59.0 Å². The molecule has 0 aliphatic rings. The molecule has 9 nitrogen and oxygen atoms in total. The second-order valence-electron chi connectivity index (χ2n) is 5.25. The highest BCUT2D eigenvalue weighted by Crippen LogP contribution is 2.20. The Balaban J connectivity index is 2.83. The van der Waals surface area contributed by atoms with Gasteiger partial charge in [0.1, 0.15) is 6.61 Å². The van der Waals surface area contributed by atoms with Crippen LogP contribution in [0.25, 0.3) is 0 Å². The van der Waals surface area contributed by atoms with Crippen LogP contribution >= 0.6 is 0 Å². The molecule has 0 aliphatic heterocycles. The fourth-order valence-corrected chi connectivity index (χ4v) is 2.04. The molecule has 0 amide bonds. The van der Waals surface area contributed by atoms with Crippen LogP contribution in [0.15, 0.2) is 24.3 Å². The van der Waals surface area contributed by atoms with Gasteiger partial charge in [0, 0.05) is 5.57 Å². The average Bonchev–Trinajstić information content (AvgIpc) is 2.56. The zero-order valence-corrected chi connectivity index (χ0v) is 14.0. The number of carbonyl (C=O) groups excluding carboxylic acids is 1. The van der Waals surface area contributed by atoms with Crippen LogP contribution in [0.5, 0.6) is 0 Å². The topological polar surface area (TPSA) is 147 Å². The van der Waals surface area contributed by atoms with Gasteiger partial charge in [0.15, 0.2) is 0 Å². The molecule has 26 heavy (non-hydrogen) atoms. The summed E-state index contributed by atoms with van der Waals surface area (Å²) in [6.07, 6.45) is -0.0303. The maximum absolute atomic E-state index is 11.4. The number of rotatable bonds is 10. The summed E-state index contributed by atoms with van der Waals surface area (Å²) < 4.78 is 10.0. The van der Waals surface area contributed by atoms with E-state index in [1.165, 1.54) is 6.92 Å².